The van der Waals surface area contributed by atoms with Crippen LogP contribution in [-0.4, -0.2) is 21.2 Å². The largest absolute Gasteiger partial charge is 0.349 e. The number of nitrogens with two attached hydrogens (primary N) is 1. The van der Waals surface area contributed by atoms with E-state index in [1.807, 2.05) is 55.1 Å². The van der Waals surface area contributed by atoms with Crippen molar-refractivity contribution in [2.75, 3.05) is 0 Å². The molecule has 5 heteroatoms. The van der Waals surface area contributed by atoms with Crippen molar-refractivity contribution in [3.8, 4) is 5.69 Å². The molecule has 0 spiro atoms. The van der Waals surface area contributed by atoms with Crippen molar-refractivity contribution < 1.29 is 4.79 Å². The molecule has 3 N–H and O–H groups in total. The molecule has 0 aliphatic heterocycles. The lowest BCUT2D eigenvalue weighted by Crippen LogP contribution is -2.53. The number of carbonyl (C=O) groups excluding carboxylic acids is 1. The number of para-hydroxylation sites is 1. The maximum absolute atomic E-state index is 12.8. The second kappa shape index (κ2) is 6.77. The van der Waals surface area contributed by atoms with Crippen LogP contribution in [0.4, 0.5) is 0 Å². The van der Waals surface area contributed by atoms with Crippen LogP contribution in [0.5, 0.6) is 0 Å². The lowest BCUT2D eigenvalue weighted by molar-refractivity contribution is -0.128. The normalized spacial score (nSPS) is 25.2. The van der Waals surface area contributed by atoms with Crippen LogP contribution in [-0.2, 0) is 4.79 Å². The van der Waals surface area contributed by atoms with Gasteiger partial charge in [0, 0.05) is 17.9 Å². The summed E-state index contributed by atoms with van der Waals surface area (Å²) in [5.74, 6) is -0.0620. The molecule has 1 fully saturated rings. The van der Waals surface area contributed by atoms with E-state index in [2.05, 4.69) is 10.4 Å². The van der Waals surface area contributed by atoms with Crippen LogP contribution < -0.4 is 11.1 Å². The summed E-state index contributed by atoms with van der Waals surface area (Å²) in [5, 5.41) is 7.47. The number of nitrogens with one attached hydrogen (secondary N) is 1. The van der Waals surface area contributed by atoms with Gasteiger partial charge in [-0.25, -0.2) is 4.68 Å². The fraction of sp³-hybridized carbons (Fsp3) is 0.474. The highest BCUT2D eigenvalue weighted by molar-refractivity contribution is 5.80. The van der Waals surface area contributed by atoms with Gasteiger partial charge in [-0.15, -0.1) is 0 Å². The summed E-state index contributed by atoms with van der Waals surface area (Å²) < 4.78 is 1.83. The monoisotopic (exact) mass is 326 g/mol. The first-order valence-corrected chi connectivity index (χ1v) is 8.67. The molecular formula is C19H26N4O. The molecule has 0 saturated heterocycles. The first-order valence-electron chi connectivity index (χ1n) is 8.67. The molecule has 5 nitrogen and oxygen atoms in total. The molecule has 128 valence electrons. The quantitative estimate of drug-likeness (QED) is 0.907. The van der Waals surface area contributed by atoms with Crippen molar-refractivity contribution in [3.05, 3.63) is 48.3 Å². The Balaban J connectivity index is 1.78. The zero-order valence-corrected chi connectivity index (χ0v) is 14.4. The minimum Gasteiger partial charge on any atom is -0.349 e. The fourth-order valence-corrected chi connectivity index (χ4v) is 3.65. The Labute approximate surface area is 143 Å². The SMILES string of the molecule is CC(NC(=O)C1CCCCC1(C)N)c1ccccc1-n1cccn1. The standard InChI is InChI=1S/C19H26N4O/c1-14(22-18(24)16-9-5-6-11-19(16,2)20)15-8-3-4-10-17(15)23-13-7-12-21-23/h3-4,7-8,10,12-14,16H,5-6,9,11,20H2,1-2H3,(H,22,24). The highest BCUT2D eigenvalue weighted by Crippen LogP contribution is 2.32. The second-order valence-electron chi connectivity index (χ2n) is 7.04. The minimum absolute atomic E-state index is 0.0578. The maximum atomic E-state index is 12.8. The van der Waals surface area contributed by atoms with E-state index in [0.717, 1.165) is 36.9 Å². The molecular weight excluding hydrogens is 300 g/mol. The fourth-order valence-electron chi connectivity index (χ4n) is 3.65. The molecule has 1 aromatic carbocycles. The molecule has 0 bridgehead atoms. The molecule has 3 atom stereocenters. The van der Waals surface area contributed by atoms with Gasteiger partial charge in [0.15, 0.2) is 0 Å². The van der Waals surface area contributed by atoms with Crippen molar-refractivity contribution >= 4 is 5.91 Å². The van der Waals surface area contributed by atoms with E-state index in [9.17, 15) is 4.79 Å². The highest BCUT2D eigenvalue weighted by atomic mass is 16.2. The van der Waals surface area contributed by atoms with Gasteiger partial charge in [-0.2, -0.15) is 5.10 Å². The highest BCUT2D eigenvalue weighted by Gasteiger charge is 2.38. The average Bonchev–Trinajstić information content (AvgIpc) is 3.08. The first-order chi connectivity index (χ1) is 11.5. The van der Waals surface area contributed by atoms with E-state index in [-0.39, 0.29) is 17.9 Å². The van der Waals surface area contributed by atoms with Crippen LogP contribution in [0.2, 0.25) is 0 Å². The Morgan fingerprint density at radius 1 is 1.38 bits per heavy atom. The van der Waals surface area contributed by atoms with Crippen molar-refractivity contribution in [2.24, 2.45) is 11.7 Å². The van der Waals surface area contributed by atoms with Crippen LogP contribution in [0, 0.1) is 5.92 Å². The summed E-state index contributed by atoms with van der Waals surface area (Å²) in [4.78, 5) is 12.8. The van der Waals surface area contributed by atoms with E-state index < -0.39 is 5.54 Å². The second-order valence-corrected chi connectivity index (χ2v) is 7.04. The number of carbonyl (C=O) groups is 1. The number of benzene rings is 1. The number of hydrogen-bond acceptors (Lipinski definition) is 3. The summed E-state index contributed by atoms with van der Waals surface area (Å²) in [6.07, 6.45) is 7.61. The number of nitrogens with zero attached hydrogens (tertiary/aromatic N) is 2. The summed E-state index contributed by atoms with van der Waals surface area (Å²) >= 11 is 0. The summed E-state index contributed by atoms with van der Waals surface area (Å²) in [6, 6.07) is 9.80. The van der Waals surface area contributed by atoms with Crippen molar-refractivity contribution in [1.82, 2.24) is 15.1 Å². The molecule has 1 saturated carbocycles. The lowest BCUT2D eigenvalue weighted by atomic mass is 9.74. The van der Waals surface area contributed by atoms with Gasteiger partial charge in [-0.05, 0) is 44.4 Å². The number of aromatic nitrogens is 2. The molecule has 1 amide bonds. The maximum Gasteiger partial charge on any atom is 0.225 e. The van der Waals surface area contributed by atoms with Crippen LogP contribution >= 0.6 is 0 Å². The molecule has 1 aliphatic rings. The molecule has 3 unspecified atom stereocenters. The zero-order valence-electron chi connectivity index (χ0n) is 14.4. The Morgan fingerprint density at radius 2 is 2.17 bits per heavy atom. The molecule has 3 rings (SSSR count). The van der Waals surface area contributed by atoms with Gasteiger partial charge in [0.2, 0.25) is 5.91 Å². The Hall–Kier alpha value is -2.14. The molecule has 0 radical (unpaired) electrons. The number of rotatable bonds is 4. The van der Waals surface area contributed by atoms with E-state index in [0.29, 0.717) is 0 Å². The first kappa shape index (κ1) is 16.7. The van der Waals surface area contributed by atoms with E-state index >= 15 is 0 Å². The van der Waals surface area contributed by atoms with Crippen molar-refractivity contribution in [2.45, 2.75) is 51.1 Å². The van der Waals surface area contributed by atoms with Crippen molar-refractivity contribution in [1.29, 1.82) is 0 Å². The minimum atomic E-state index is -0.413. The van der Waals surface area contributed by atoms with E-state index in [1.54, 1.807) is 6.20 Å². The van der Waals surface area contributed by atoms with Crippen molar-refractivity contribution in [3.63, 3.8) is 0 Å². The smallest absolute Gasteiger partial charge is 0.225 e. The van der Waals surface area contributed by atoms with Gasteiger partial charge >= 0.3 is 0 Å². The van der Waals surface area contributed by atoms with Gasteiger partial charge < -0.3 is 11.1 Å². The van der Waals surface area contributed by atoms with Gasteiger partial charge in [0.1, 0.15) is 0 Å². The van der Waals surface area contributed by atoms with Gasteiger partial charge in [0.05, 0.1) is 17.6 Å². The molecule has 1 aliphatic carbocycles. The predicted molar refractivity (Wildman–Crippen MR) is 94.7 cm³/mol. The third-order valence-corrected chi connectivity index (χ3v) is 5.08. The van der Waals surface area contributed by atoms with Gasteiger partial charge in [-0.1, -0.05) is 31.0 Å². The third-order valence-electron chi connectivity index (χ3n) is 5.08. The average molecular weight is 326 g/mol. The van der Waals surface area contributed by atoms with Gasteiger partial charge in [0.25, 0.3) is 0 Å². The third kappa shape index (κ3) is 3.36. The predicted octanol–water partition coefficient (Wildman–Crippen LogP) is 2.96. The van der Waals surface area contributed by atoms with Crippen LogP contribution in [0.1, 0.15) is 51.1 Å². The molecule has 1 aromatic heterocycles. The summed E-state index contributed by atoms with van der Waals surface area (Å²) in [5.41, 5.74) is 7.98. The van der Waals surface area contributed by atoms with E-state index in [1.165, 1.54) is 0 Å². The Bertz CT molecular complexity index is 693. The van der Waals surface area contributed by atoms with E-state index in [4.69, 9.17) is 5.73 Å². The molecule has 2 aromatic rings. The van der Waals surface area contributed by atoms with Crippen LogP contribution in [0.15, 0.2) is 42.7 Å². The Kier molecular flexibility index (Phi) is 4.71. The zero-order chi connectivity index (χ0) is 17.2. The van der Waals surface area contributed by atoms with Crippen LogP contribution in [0.3, 0.4) is 0 Å². The van der Waals surface area contributed by atoms with Crippen LogP contribution in [0.25, 0.3) is 5.69 Å². The Morgan fingerprint density at radius 3 is 2.88 bits per heavy atom. The topological polar surface area (TPSA) is 72.9 Å². The lowest BCUT2D eigenvalue weighted by Gasteiger charge is -2.37. The number of hydrogen-bond donors (Lipinski definition) is 2. The number of amides is 1. The molecule has 1 heterocycles. The summed E-state index contributed by atoms with van der Waals surface area (Å²) in [7, 11) is 0. The van der Waals surface area contributed by atoms with Gasteiger partial charge in [-0.3, -0.25) is 4.79 Å². The molecule has 24 heavy (non-hydrogen) atoms. The summed E-state index contributed by atoms with van der Waals surface area (Å²) in [6.45, 7) is 4.01.